The Kier molecular flexibility index (Phi) is 3.33. The maximum absolute atomic E-state index is 13.4. The second-order valence-electron chi connectivity index (χ2n) is 3.27. The largest absolute Gasteiger partial charge is 0.294 e. The Balaban J connectivity index is 2.39. The predicted octanol–water partition coefficient (Wildman–Crippen LogP) is 2.04. The summed E-state index contributed by atoms with van der Waals surface area (Å²) in [4.78, 5) is 15.6. The molecule has 1 heterocycles. The van der Waals surface area contributed by atoms with Gasteiger partial charge in [-0.25, -0.2) is 9.37 Å². The monoisotopic (exact) mass is 330 g/mol. The van der Waals surface area contributed by atoms with Gasteiger partial charge in [0.2, 0.25) is 0 Å². The molecule has 5 heteroatoms. The van der Waals surface area contributed by atoms with Crippen LogP contribution in [0, 0.1) is 9.39 Å². The van der Waals surface area contributed by atoms with Gasteiger partial charge in [-0.1, -0.05) is 18.2 Å². The third-order valence-corrected chi connectivity index (χ3v) is 2.90. The molecule has 0 fully saturated rings. The molecule has 0 unspecified atom stereocenters. The van der Waals surface area contributed by atoms with Gasteiger partial charge < -0.3 is 0 Å². The number of benzene rings is 1. The molecule has 2 rings (SSSR count). The van der Waals surface area contributed by atoms with Crippen molar-refractivity contribution in [2.75, 3.05) is 0 Å². The second kappa shape index (κ2) is 4.73. The van der Waals surface area contributed by atoms with Crippen LogP contribution in [0.2, 0.25) is 0 Å². The second-order valence-corrected chi connectivity index (χ2v) is 4.43. The van der Waals surface area contributed by atoms with E-state index in [4.69, 9.17) is 0 Å². The van der Waals surface area contributed by atoms with E-state index in [2.05, 4.69) is 4.98 Å². The van der Waals surface area contributed by atoms with Gasteiger partial charge in [0, 0.05) is 11.8 Å². The average molecular weight is 330 g/mol. The first-order chi connectivity index (χ1) is 7.68. The molecule has 0 atom stereocenters. The van der Waals surface area contributed by atoms with Gasteiger partial charge in [-0.15, -0.1) is 0 Å². The lowest BCUT2D eigenvalue weighted by Crippen LogP contribution is -2.23. The van der Waals surface area contributed by atoms with Crippen LogP contribution in [-0.2, 0) is 6.54 Å². The van der Waals surface area contributed by atoms with Gasteiger partial charge >= 0.3 is 0 Å². The smallest absolute Gasteiger partial charge is 0.267 e. The Morgan fingerprint density at radius 3 is 2.88 bits per heavy atom. The zero-order valence-corrected chi connectivity index (χ0v) is 10.4. The van der Waals surface area contributed by atoms with Crippen LogP contribution in [0.5, 0.6) is 0 Å². The van der Waals surface area contributed by atoms with E-state index in [1.807, 2.05) is 22.6 Å². The molecule has 0 aliphatic heterocycles. The SMILES string of the molecule is O=c1c(I)cncn1Cc1ccccc1F. The normalized spacial score (nSPS) is 10.4. The van der Waals surface area contributed by atoms with E-state index in [-0.39, 0.29) is 17.9 Å². The molecule has 0 spiro atoms. The van der Waals surface area contributed by atoms with Gasteiger partial charge in [-0.3, -0.25) is 9.36 Å². The maximum atomic E-state index is 13.4. The van der Waals surface area contributed by atoms with E-state index in [1.165, 1.54) is 23.2 Å². The molecule has 0 aliphatic rings. The highest BCUT2D eigenvalue weighted by Crippen LogP contribution is 2.07. The zero-order chi connectivity index (χ0) is 11.5. The van der Waals surface area contributed by atoms with Crippen molar-refractivity contribution in [2.45, 2.75) is 6.54 Å². The summed E-state index contributed by atoms with van der Waals surface area (Å²) < 4.78 is 15.3. The van der Waals surface area contributed by atoms with E-state index < -0.39 is 0 Å². The number of halogens is 2. The Morgan fingerprint density at radius 2 is 2.12 bits per heavy atom. The van der Waals surface area contributed by atoms with E-state index in [0.717, 1.165) is 0 Å². The summed E-state index contributed by atoms with van der Waals surface area (Å²) in [5.74, 6) is -0.312. The zero-order valence-electron chi connectivity index (χ0n) is 8.23. The van der Waals surface area contributed by atoms with Crippen LogP contribution >= 0.6 is 22.6 Å². The van der Waals surface area contributed by atoms with Crippen molar-refractivity contribution in [3.63, 3.8) is 0 Å². The molecule has 1 aromatic heterocycles. The van der Waals surface area contributed by atoms with E-state index in [9.17, 15) is 9.18 Å². The van der Waals surface area contributed by atoms with Gasteiger partial charge in [-0.05, 0) is 28.7 Å². The summed E-state index contributed by atoms with van der Waals surface area (Å²) in [5, 5.41) is 0. The van der Waals surface area contributed by atoms with Gasteiger partial charge in [0.25, 0.3) is 5.56 Å². The molecular formula is C11H8FIN2O. The van der Waals surface area contributed by atoms with Crippen molar-refractivity contribution >= 4 is 22.6 Å². The first kappa shape index (κ1) is 11.3. The Morgan fingerprint density at radius 1 is 1.38 bits per heavy atom. The minimum Gasteiger partial charge on any atom is -0.294 e. The number of nitrogens with zero attached hydrogens (tertiary/aromatic N) is 2. The topological polar surface area (TPSA) is 34.9 Å². The highest BCUT2D eigenvalue weighted by molar-refractivity contribution is 14.1. The van der Waals surface area contributed by atoms with E-state index >= 15 is 0 Å². The average Bonchev–Trinajstić information content (AvgIpc) is 2.28. The Hall–Kier alpha value is -1.24. The van der Waals surface area contributed by atoms with E-state index in [0.29, 0.717) is 9.13 Å². The molecule has 0 radical (unpaired) electrons. The van der Waals surface area contributed by atoms with Crippen LogP contribution in [-0.4, -0.2) is 9.55 Å². The summed E-state index contributed by atoms with van der Waals surface area (Å²) in [6.07, 6.45) is 2.90. The van der Waals surface area contributed by atoms with Crippen LogP contribution in [0.1, 0.15) is 5.56 Å². The lowest BCUT2D eigenvalue weighted by molar-refractivity contribution is 0.593. The molecule has 0 saturated heterocycles. The molecule has 3 nitrogen and oxygen atoms in total. The summed E-state index contributed by atoms with van der Waals surface area (Å²) >= 11 is 1.91. The molecule has 0 amide bonds. The molecule has 2 aromatic rings. The molecule has 1 aromatic carbocycles. The number of hydrogen-bond donors (Lipinski definition) is 0. The molecule has 0 bridgehead atoms. The van der Waals surface area contributed by atoms with Gasteiger partial charge in [0.05, 0.1) is 16.4 Å². The van der Waals surface area contributed by atoms with Gasteiger partial charge in [-0.2, -0.15) is 0 Å². The fourth-order valence-electron chi connectivity index (χ4n) is 1.35. The number of hydrogen-bond acceptors (Lipinski definition) is 2. The molecule has 82 valence electrons. The minimum atomic E-state index is -0.312. The first-order valence-electron chi connectivity index (χ1n) is 4.62. The quantitative estimate of drug-likeness (QED) is 0.790. The van der Waals surface area contributed by atoms with Crippen molar-refractivity contribution in [3.05, 3.63) is 62.1 Å². The molecule has 0 saturated carbocycles. The predicted molar refractivity (Wildman–Crippen MR) is 66.7 cm³/mol. The molecule has 0 N–H and O–H groups in total. The number of aromatic nitrogens is 2. The van der Waals surface area contributed by atoms with Crippen molar-refractivity contribution in [3.8, 4) is 0 Å². The summed E-state index contributed by atoms with van der Waals surface area (Å²) in [6, 6.07) is 6.39. The van der Waals surface area contributed by atoms with Gasteiger partial charge in [0.15, 0.2) is 0 Å². The first-order valence-corrected chi connectivity index (χ1v) is 5.69. The fraction of sp³-hybridized carbons (Fsp3) is 0.0909. The fourth-order valence-corrected chi connectivity index (χ4v) is 1.82. The Labute approximate surface area is 105 Å². The highest BCUT2D eigenvalue weighted by atomic mass is 127. The molecule has 16 heavy (non-hydrogen) atoms. The highest BCUT2D eigenvalue weighted by Gasteiger charge is 2.04. The number of rotatable bonds is 2. The van der Waals surface area contributed by atoms with Crippen LogP contribution in [0.25, 0.3) is 0 Å². The molecule has 0 aliphatic carbocycles. The van der Waals surface area contributed by atoms with Crippen LogP contribution < -0.4 is 5.56 Å². The van der Waals surface area contributed by atoms with Crippen molar-refractivity contribution in [2.24, 2.45) is 0 Å². The summed E-state index contributed by atoms with van der Waals surface area (Å²) in [7, 11) is 0. The van der Waals surface area contributed by atoms with Crippen LogP contribution in [0.15, 0.2) is 41.6 Å². The van der Waals surface area contributed by atoms with Crippen LogP contribution in [0.3, 0.4) is 0 Å². The summed E-state index contributed by atoms with van der Waals surface area (Å²) in [5.41, 5.74) is 0.326. The minimum absolute atomic E-state index is 0.154. The van der Waals surface area contributed by atoms with Gasteiger partial charge in [0.1, 0.15) is 5.82 Å². The van der Waals surface area contributed by atoms with Crippen LogP contribution in [0.4, 0.5) is 4.39 Å². The third kappa shape index (κ3) is 2.29. The van der Waals surface area contributed by atoms with Crippen molar-refractivity contribution < 1.29 is 4.39 Å². The molecular weight excluding hydrogens is 322 g/mol. The Bertz CT molecular complexity index is 568. The lowest BCUT2D eigenvalue weighted by atomic mass is 10.2. The lowest BCUT2D eigenvalue weighted by Gasteiger charge is -2.06. The van der Waals surface area contributed by atoms with E-state index in [1.54, 1.807) is 18.2 Å². The van der Waals surface area contributed by atoms with Crippen molar-refractivity contribution in [1.29, 1.82) is 0 Å². The maximum Gasteiger partial charge on any atom is 0.267 e. The van der Waals surface area contributed by atoms with Crippen molar-refractivity contribution in [1.82, 2.24) is 9.55 Å². The third-order valence-electron chi connectivity index (χ3n) is 2.16. The summed E-state index contributed by atoms with van der Waals surface area (Å²) in [6.45, 7) is 0.204. The standard InChI is InChI=1S/C11H8FIN2O/c12-9-4-2-1-3-8(9)6-15-7-14-5-10(13)11(15)16/h1-5,7H,6H2.